The fourth-order valence-electron chi connectivity index (χ4n) is 3.00. The Labute approximate surface area is 187 Å². The van der Waals surface area contributed by atoms with Gasteiger partial charge in [0.15, 0.2) is 17.5 Å². The molecule has 1 heterocycles. The summed E-state index contributed by atoms with van der Waals surface area (Å²) in [7, 11) is 3.83. The minimum atomic E-state index is 0.557. The van der Waals surface area contributed by atoms with Crippen molar-refractivity contribution in [3.05, 3.63) is 18.2 Å². The minimum Gasteiger partial charge on any atom is -0.490 e. The molecule has 8 heteroatoms. The summed E-state index contributed by atoms with van der Waals surface area (Å²) in [6, 6.07) is 6.46. The smallest absolute Gasteiger partial charge is 0.195 e. The molecule has 0 fully saturated rings. The first-order chi connectivity index (χ1) is 15.1. The number of ether oxygens (including phenoxy) is 4. The molecule has 0 aromatic heterocycles. The van der Waals surface area contributed by atoms with Gasteiger partial charge in [-0.1, -0.05) is 6.92 Å². The summed E-state index contributed by atoms with van der Waals surface area (Å²) < 4.78 is 22.1. The van der Waals surface area contributed by atoms with E-state index in [9.17, 15) is 0 Å². The Morgan fingerprint density at radius 2 is 2.00 bits per heavy atom. The molecular formula is C23H40N4O4. The summed E-state index contributed by atoms with van der Waals surface area (Å²) in [5, 5.41) is 6.85. The van der Waals surface area contributed by atoms with Crippen molar-refractivity contribution in [2.45, 2.75) is 39.2 Å². The second kappa shape index (κ2) is 14.9. The van der Waals surface area contributed by atoms with Gasteiger partial charge in [-0.05, 0) is 38.9 Å². The summed E-state index contributed by atoms with van der Waals surface area (Å²) in [5.41, 5.74) is 0.919. The highest BCUT2D eigenvalue weighted by molar-refractivity contribution is 5.94. The SMILES string of the molecule is CCC(C)N(C)CCNC(=NCCCOCCOC)Nc1ccc2c(c1)OCCCO2. The number of fused-ring (bicyclic) bond motifs is 1. The number of likely N-dealkylation sites (N-methyl/N-ethyl adjacent to an activating group) is 1. The van der Waals surface area contributed by atoms with Crippen molar-refractivity contribution in [2.75, 3.05) is 72.1 Å². The van der Waals surface area contributed by atoms with E-state index >= 15 is 0 Å². The first-order valence-electron chi connectivity index (χ1n) is 11.4. The number of hydrogen-bond acceptors (Lipinski definition) is 6. The van der Waals surface area contributed by atoms with Gasteiger partial charge in [0.05, 0.1) is 26.4 Å². The molecule has 1 atom stereocenters. The molecule has 1 aliphatic heterocycles. The number of rotatable bonds is 13. The lowest BCUT2D eigenvalue weighted by atomic mass is 10.2. The molecular weight excluding hydrogens is 396 g/mol. The van der Waals surface area contributed by atoms with E-state index in [0.717, 1.165) is 55.5 Å². The van der Waals surface area contributed by atoms with Gasteiger partial charge in [-0.15, -0.1) is 0 Å². The molecule has 1 aliphatic rings. The molecule has 0 aliphatic carbocycles. The Morgan fingerprint density at radius 1 is 1.19 bits per heavy atom. The van der Waals surface area contributed by atoms with Gasteiger partial charge in [0.2, 0.25) is 0 Å². The molecule has 31 heavy (non-hydrogen) atoms. The molecule has 1 aromatic rings. The van der Waals surface area contributed by atoms with Crippen LogP contribution in [0.25, 0.3) is 0 Å². The standard InChI is InChI=1S/C23H40N4O4/c1-5-19(2)27(3)12-11-25-23(24-10-6-13-29-17-16-28-4)26-20-8-9-21-22(18-20)31-15-7-14-30-21/h8-9,18-19H,5-7,10-17H2,1-4H3,(H2,24,25,26). The van der Waals surface area contributed by atoms with Crippen LogP contribution in [0.4, 0.5) is 5.69 Å². The van der Waals surface area contributed by atoms with Crippen molar-refractivity contribution in [3.8, 4) is 11.5 Å². The van der Waals surface area contributed by atoms with E-state index in [-0.39, 0.29) is 0 Å². The van der Waals surface area contributed by atoms with E-state index in [1.165, 1.54) is 0 Å². The molecule has 2 N–H and O–H groups in total. The Balaban J connectivity index is 1.92. The predicted molar refractivity (Wildman–Crippen MR) is 126 cm³/mol. The van der Waals surface area contributed by atoms with Crippen molar-refractivity contribution in [1.82, 2.24) is 10.2 Å². The van der Waals surface area contributed by atoms with Gasteiger partial charge < -0.3 is 34.5 Å². The van der Waals surface area contributed by atoms with Gasteiger partial charge in [-0.2, -0.15) is 0 Å². The summed E-state index contributed by atoms with van der Waals surface area (Å²) in [6.45, 7) is 10.1. The number of aliphatic imine (C=N–C) groups is 1. The lowest BCUT2D eigenvalue weighted by Crippen LogP contribution is -2.39. The van der Waals surface area contributed by atoms with Crippen LogP contribution in [0, 0.1) is 0 Å². The summed E-state index contributed by atoms with van der Waals surface area (Å²) in [4.78, 5) is 7.07. The zero-order valence-electron chi connectivity index (χ0n) is 19.6. The van der Waals surface area contributed by atoms with Crippen LogP contribution in [0.2, 0.25) is 0 Å². The second-order valence-electron chi connectivity index (χ2n) is 7.69. The molecule has 8 nitrogen and oxygen atoms in total. The highest BCUT2D eigenvalue weighted by Gasteiger charge is 2.12. The third kappa shape index (κ3) is 9.76. The maximum absolute atomic E-state index is 5.81. The lowest BCUT2D eigenvalue weighted by molar-refractivity contribution is 0.0702. The van der Waals surface area contributed by atoms with Crippen LogP contribution in [0.5, 0.6) is 11.5 Å². The average molecular weight is 437 g/mol. The number of hydrogen-bond donors (Lipinski definition) is 2. The Hall–Kier alpha value is -2.03. The number of guanidine groups is 1. The maximum atomic E-state index is 5.81. The van der Waals surface area contributed by atoms with Crippen LogP contribution < -0.4 is 20.1 Å². The molecule has 1 unspecified atom stereocenters. The maximum Gasteiger partial charge on any atom is 0.195 e. The normalized spacial score (nSPS) is 14.9. The molecule has 0 spiro atoms. The van der Waals surface area contributed by atoms with Crippen molar-refractivity contribution in [3.63, 3.8) is 0 Å². The van der Waals surface area contributed by atoms with Crippen LogP contribution in [-0.2, 0) is 9.47 Å². The molecule has 0 bridgehead atoms. The molecule has 176 valence electrons. The van der Waals surface area contributed by atoms with E-state index in [2.05, 4.69) is 36.4 Å². The van der Waals surface area contributed by atoms with Crippen molar-refractivity contribution >= 4 is 11.6 Å². The number of nitrogens with zero attached hydrogens (tertiary/aromatic N) is 2. The average Bonchev–Trinajstić information content (AvgIpc) is 3.02. The van der Waals surface area contributed by atoms with Gasteiger partial charge in [-0.25, -0.2) is 0 Å². The fourth-order valence-corrected chi connectivity index (χ4v) is 3.00. The highest BCUT2D eigenvalue weighted by Crippen LogP contribution is 2.32. The van der Waals surface area contributed by atoms with Crippen molar-refractivity contribution in [1.29, 1.82) is 0 Å². The fraction of sp³-hybridized carbons (Fsp3) is 0.696. The van der Waals surface area contributed by atoms with Crippen LogP contribution in [0.3, 0.4) is 0 Å². The van der Waals surface area contributed by atoms with Gasteiger partial charge >= 0.3 is 0 Å². The Bertz CT molecular complexity index is 656. The molecule has 1 aromatic carbocycles. The molecule has 0 saturated carbocycles. The van der Waals surface area contributed by atoms with E-state index in [1.807, 2.05) is 18.2 Å². The van der Waals surface area contributed by atoms with E-state index < -0.39 is 0 Å². The topological polar surface area (TPSA) is 76.6 Å². The van der Waals surface area contributed by atoms with E-state index in [1.54, 1.807) is 7.11 Å². The van der Waals surface area contributed by atoms with Crippen molar-refractivity contribution in [2.24, 2.45) is 4.99 Å². The lowest BCUT2D eigenvalue weighted by Gasteiger charge is -2.24. The van der Waals surface area contributed by atoms with Crippen LogP contribution in [0.1, 0.15) is 33.1 Å². The largest absolute Gasteiger partial charge is 0.490 e. The second-order valence-corrected chi connectivity index (χ2v) is 7.69. The van der Waals surface area contributed by atoms with Gasteiger partial charge in [0, 0.05) is 57.6 Å². The van der Waals surface area contributed by atoms with E-state index in [0.29, 0.717) is 45.6 Å². The Kier molecular flexibility index (Phi) is 12.1. The van der Waals surface area contributed by atoms with Crippen molar-refractivity contribution < 1.29 is 18.9 Å². The van der Waals surface area contributed by atoms with E-state index in [4.69, 9.17) is 23.9 Å². The summed E-state index contributed by atoms with van der Waals surface area (Å²) in [5.74, 6) is 2.31. The molecule has 0 amide bonds. The number of nitrogens with one attached hydrogen (secondary N) is 2. The zero-order chi connectivity index (χ0) is 22.3. The number of anilines is 1. The molecule has 0 radical (unpaired) electrons. The summed E-state index contributed by atoms with van der Waals surface area (Å²) >= 11 is 0. The molecule has 0 saturated heterocycles. The van der Waals surface area contributed by atoms with Gasteiger partial charge in [-0.3, -0.25) is 4.99 Å². The van der Waals surface area contributed by atoms with Crippen LogP contribution in [-0.4, -0.2) is 83.7 Å². The highest BCUT2D eigenvalue weighted by atomic mass is 16.5. The summed E-state index contributed by atoms with van der Waals surface area (Å²) in [6.07, 6.45) is 2.88. The first-order valence-corrected chi connectivity index (χ1v) is 11.4. The predicted octanol–water partition coefficient (Wildman–Crippen LogP) is 2.99. The van der Waals surface area contributed by atoms with Crippen LogP contribution in [0.15, 0.2) is 23.2 Å². The minimum absolute atomic E-state index is 0.557. The number of methoxy groups -OCH3 is 1. The van der Waals surface area contributed by atoms with Crippen LogP contribution >= 0.6 is 0 Å². The third-order valence-corrected chi connectivity index (χ3v) is 5.26. The number of benzene rings is 1. The Morgan fingerprint density at radius 3 is 2.77 bits per heavy atom. The quantitative estimate of drug-likeness (QED) is 0.280. The monoisotopic (exact) mass is 436 g/mol. The third-order valence-electron chi connectivity index (χ3n) is 5.26. The van der Waals surface area contributed by atoms with Gasteiger partial charge in [0.1, 0.15) is 0 Å². The first kappa shape index (κ1) is 25.2. The van der Waals surface area contributed by atoms with Gasteiger partial charge in [0.25, 0.3) is 0 Å². The molecule has 2 rings (SSSR count). The zero-order valence-corrected chi connectivity index (χ0v) is 19.6.